The highest BCUT2D eigenvalue weighted by Crippen LogP contribution is 2.28. The lowest BCUT2D eigenvalue weighted by Crippen LogP contribution is -2.20. The molecule has 3 aromatic rings. The van der Waals surface area contributed by atoms with Crippen LogP contribution in [0.3, 0.4) is 0 Å². The fourth-order valence-corrected chi connectivity index (χ4v) is 3.39. The summed E-state index contributed by atoms with van der Waals surface area (Å²) in [5.74, 6) is 0.0455. The minimum Gasteiger partial charge on any atom is -0.483 e. The fraction of sp³-hybridized carbons (Fsp3) is 0.0909. The van der Waals surface area contributed by atoms with Crippen LogP contribution in [-0.2, 0) is 4.79 Å². The number of nitrogens with one attached hydrogen (secondary N) is 2. The van der Waals surface area contributed by atoms with Gasteiger partial charge in [-0.25, -0.2) is 0 Å². The highest BCUT2D eigenvalue weighted by molar-refractivity contribution is 9.10. The molecular formula is C22H18BrClN2O3. The van der Waals surface area contributed by atoms with Crippen molar-refractivity contribution in [1.29, 1.82) is 0 Å². The Hall–Kier alpha value is -2.83. The molecule has 2 N–H and O–H groups in total. The van der Waals surface area contributed by atoms with Crippen molar-refractivity contribution in [2.45, 2.75) is 6.92 Å². The summed E-state index contributed by atoms with van der Waals surface area (Å²) in [6, 6.07) is 19.3. The highest BCUT2D eigenvalue weighted by atomic mass is 79.9. The van der Waals surface area contributed by atoms with Crippen LogP contribution in [0.1, 0.15) is 15.9 Å². The van der Waals surface area contributed by atoms with E-state index in [2.05, 4.69) is 26.6 Å². The molecule has 0 radical (unpaired) electrons. The van der Waals surface area contributed by atoms with Gasteiger partial charge in [-0.05, 0) is 76.9 Å². The normalized spacial score (nSPS) is 10.3. The number of carbonyl (C=O) groups excluding carboxylic acids is 2. The van der Waals surface area contributed by atoms with E-state index in [0.717, 1.165) is 5.56 Å². The summed E-state index contributed by atoms with van der Waals surface area (Å²) in [5.41, 5.74) is 2.76. The first kappa shape index (κ1) is 20.9. The zero-order chi connectivity index (χ0) is 20.8. The van der Waals surface area contributed by atoms with Gasteiger partial charge in [0.05, 0.1) is 4.47 Å². The Labute approximate surface area is 182 Å². The Morgan fingerprint density at radius 3 is 2.28 bits per heavy atom. The number of rotatable bonds is 6. The van der Waals surface area contributed by atoms with Gasteiger partial charge in [-0.15, -0.1) is 0 Å². The molecule has 0 spiro atoms. The maximum Gasteiger partial charge on any atom is 0.262 e. The highest BCUT2D eigenvalue weighted by Gasteiger charge is 2.10. The number of aryl methyl sites for hydroxylation is 1. The number of amides is 2. The quantitative estimate of drug-likeness (QED) is 0.484. The Kier molecular flexibility index (Phi) is 6.90. The summed E-state index contributed by atoms with van der Waals surface area (Å²) >= 11 is 9.22. The predicted octanol–water partition coefficient (Wildman–Crippen LogP) is 5.68. The van der Waals surface area contributed by atoms with Crippen LogP contribution >= 0.6 is 27.5 Å². The molecule has 0 atom stereocenters. The number of ether oxygens (including phenoxy) is 1. The lowest BCUT2D eigenvalue weighted by atomic mass is 10.1. The number of hydrogen-bond acceptors (Lipinski definition) is 3. The summed E-state index contributed by atoms with van der Waals surface area (Å²) in [7, 11) is 0. The van der Waals surface area contributed by atoms with Gasteiger partial charge in [0.15, 0.2) is 6.61 Å². The van der Waals surface area contributed by atoms with Gasteiger partial charge in [0.2, 0.25) is 0 Å². The summed E-state index contributed by atoms with van der Waals surface area (Å²) in [5, 5.41) is 6.16. The molecule has 0 aromatic heterocycles. The molecule has 0 saturated carbocycles. The molecule has 3 rings (SSSR count). The Balaban J connectivity index is 1.54. The van der Waals surface area contributed by atoms with Crippen LogP contribution in [0.4, 0.5) is 11.4 Å². The van der Waals surface area contributed by atoms with E-state index in [0.29, 0.717) is 32.2 Å². The molecule has 0 aliphatic carbocycles. The zero-order valence-corrected chi connectivity index (χ0v) is 17.9. The lowest BCUT2D eigenvalue weighted by molar-refractivity contribution is -0.118. The van der Waals surface area contributed by atoms with E-state index in [1.54, 1.807) is 48.5 Å². The van der Waals surface area contributed by atoms with E-state index in [1.807, 2.05) is 25.1 Å². The molecule has 7 heteroatoms. The molecule has 0 fully saturated rings. The van der Waals surface area contributed by atoms with Crippen LogP contribution in [0.15, 0.2) is 71.2 Å². The maximum absolute atomic E-state index is 12.4. The smallest absolute Gasteiger partial charge is 0.262 e. The van der Waals surface area contributed by atoms with Crippen LogP contribution in [0.5, 0.6) is 5.75 Å². The second-order valence-electron chi connectivity index (χ2n) is 6.26. The van der Waals surface area contributed by atoms with Gasteiger partial charge in [-0.2, -0.15) is 0 Å². The van der Waals surface area contributed by atoms with Crippen LogP contribution in [0.2, 0.25) is 5.02 Å². The summed E-state index contributed by atoms with van der Waals surface area (Å²) in [6.45, 7) is 1.74. The average molecular weight is 474 g/mol. The minimum atomic E-state index is -0.302. The number of halogens is 2. The Bertz CT molecular complexity index is 1040. The fourth-order valence-electron chi connectivity index (χ4n) is 2.60. The monoisotopic (exact) mass is 472 g/mol. The largest absolute Gasteiger partial charge is 0.483 e. The zero-order valence-electron chi connectivity index (χ0n) is 15.5. The molecule has 5 nitrogen and oxygen atoms in total. The number of carbonyl (C=O) groups is 2. The van der Waals surface area contributed by atoms with Gasteiger partial charge in [-0.1, -0.05) is 29.8 Å². The first-order chi connectivity index (χ1) is 13.9. The molecule has 2 amide bonds. The van der Waals surface area contributed by atoms with E-state index < -0.39 is 0 Å². The van der Waals surface area contributed by atoms with Gasteiger partial charge in [0, 0.05) is 22.0 Å². The summed E-state index contributed by atoms with van der Waals surface area (Å²) < 4.78 is 6.16. The maximum atomic E-state index is 12.4. The van der Waals surface area contributed by atoms with Crippen LogP contribution in [0, 0.1) is 6.92 Å². The minimum absolute atomic E-state index is 0.147. The summed E-state index contributed by atoms with van der Waals surface area (Å²) in [6.07, 6.45) is 0. The van der Waals surface area contributed by atoms with Gasteiger partial charge < -0.3 is 15.4 Å². The number of anilines is 2. The van der Waals surface area contributed by atoms with Gasteiger partial charge in [0.1, 0.15) is 5.75 Å². The first-order valence-corrected chi connectivity index (χ1v) is 9.94. The van der Waals surface area contributed by atoms with Crippen molar-refractivity contribution in [1.82, 2.24) is 0 Å². The topological polar surface area (TPSA) is 67.4 Å². The molecule has 29 heavy (non-hydrogen) atoms. The molecule has 0 unspecified atom stereocenters. The van der Waals surface area contributed by atoms with Crippen molar-refractivity contribution in [2.24, 2.45) is 0 Å². The van der Waals surface area contributed by atoms with Crippen molar-refractivity contribution < 1.29 is 14.3 Å². The van der Waals surface area contributed by atoms with Crippen molar-refractivity contribution in [2.75, 3.05) is 17.2 Å². The molecule has 0 bridgehead atoms. The average Bonchev–Trinajstić information content (AvgIpc) is 2.69. The Morgan fingerprint density at radius 2 is 1.62 bits per heavy atom. The van der Waals surface area contributed by atoms with Crippen molar-refractivity contribution in [3.05, 3.63) is 87.4 Å². The summed E-state index contributed by atoms with van der Waals surface area (Å²) in [4.78, 5) is 24.5. The SMILES string of the molecule is Cc1ccccc1C(=O)Nc1ccc(NC(=O)COc2ccc(Cl)cc2Br)cc1. The number of benzene rings is 3. The number of hydrogen-bond donors (Lipinski definition) is 2. The molecular weight excluding hydrogens is 456 g/mol. The van der Waals surface area contributed by atoms with E-state index in [-0.39, 0.29) is 18.4 Å². The second kappa shape index (κ2) is 9.58. The van der Waals surface area contributed by atoms with Gasteiger partial charge in [0.25, 0.3) is 11.8 Å². The third-order valence-corrected chi connectivity index (χ3v) is 4.92. The molecule has 0 aliphatic rings. The van der Waals surface area contributed by atoms with E-state index in [9.17, 15) is 9.59 Å². The standard InChI is InChI=1S/C22H18BrClN2O3/c1-14-4-2-3-5-18(14)22(28)26-17-9-7-16(8-10-17)25-21(27)13-29-20-11-6-15(24)12-19(20)23/h2-12H,13H2,1H3,(H,25,27)(H,26,28). The third kappa shape index (κ3) is 5.82. The van der Waals surface area contributed by atoms with Crippen molar-refractivity contribution in [3.63, 3.8) is 0 Å². The Morgan fingerprint density at radius 1 is 0.966 bits per heavy atom. The first-order valence-electron chi connectivity index (χ1n) is 8.77. The lowest BCUT2D eigenvalue weighted by Gasteiger charge is -2.10. The third-order valence-electron chi connectivity index (χ3n) is 4.07. The molecule has 3 aromatic carbocycles. The molecule has 0 saturated heterocycles. The second-order valence-corrected chi connectivity index (χ2v) is 7.55. The van der Waals surface area contributed by atoms with Crippen molar-refractivity contribution >= 4 is 50.7 Å². The van der Waals surface area contributed by atoms with E-state index >= 15 is 0 Å². The van der Waals surface area contributed by atoms with Crippen LogP contribution in [0.25, 0.3) is 0 Å². The molecule has 0 heterocycles. The molecule has 148 valence electrons. The van der Waals surface area contributed by atoms with E-state index in [1.165, 1.54) is 0 Å². The van der Waals surface area contributed by atoms with Gasteiger partial charge >= 0.3 is 0 Å². The van der Waals surface area contributed by atoms with Gasteiger partial charge in [-0.3, -0.25) is 9.59 Å². The van der Waals surface area contributed by atoms with Crippen molar-refractivity contribution in [3.8, 4) is 5.75 Å². The predicted molar refractivity (Wildman–Crippen MR) is 119 cm³/mol. The van der Waals surface area contributed by atoms with Crippen LogP contribution in [-0.4, -0.2) is 18.4 Å². The van der Waals surface area contributed by atoms with E-state index in [4.69, 9.17) is 16.3 Å². The molecule has 0 aliphatic heterocycles. The van der Waals surface area contributed by atoms with Crippen LogP contribution < -0.4 is 15.4 Å².